The van der Waals surface area contributed by atoms with Crippen molar-refractivity contribution in [3.63, 3.8) is 0 Å². The normalized spacial score (nSPS) is 18.9. The van der Waals surface area contributed by atoms with Gasteiger partial charge < -0.3 is 4.90 Å². The largest absolute Gasteiger partial charge is 0.416 e. The van der Waals surface area contributed by atoms with E-state index in [1.807, 2.05) is 7.05 Å². The molecule has 0 unspecified atom stereocenters. The summed E-state index contributed by atoms with van der Waals surface area (Å²) < 4.78 is 64.2. The van der Waals surface area contributed by atoms with Crippen LogP contribution in [0.3, 0.4) is 0 Å². The number of rotatable bonds is 3. The van der Waals surface area contributed by atoms with E-state index in [9.17, 15) is 21.6 Å². The van der Waals surface area contributed by atoms with Crippen molar-refractivity contribution >= 4 is 10.0 Å². The van der Waals surface area contributed by atoms with Gasteiger partial charge in [-0.05, 0) is 57.2 Å². The zero-order valence-electron chi connectivity index (χ0n) is 11.5. The Bertz CT molecular complexity index is 576. The summed E-state index contributed by atoms with van der Waals surface area (Å²) in [4.78, 5) is 1.96. The first kappa shape index (κ1) is 16.3. The molecule has 1 aromatic rings. The highest BCUT2D eigenvalue weighted by atomic mass is 32.2. The fourth-order valence-electron chi connectivity index (χ4n) is 2.24. The summed E-state index contributed by atoms with van der Waals surface area (Å²) in [6, 6.07) is 3.36. The quantitative estimate of drug-likeness (QED) is 0.927. The molecule has 2 rings (SSSR count). The molecule has 0 aromatic heterocycles. The highest BCUT2D eigenvalue weighted by Crippen LogP contribution is 2.29. The molecular formula is C13H17F3N2O2S. The van der Waals surface area contributed by atoms with Crippen LogP contribution in [-0.2, 0) is 16.2 Å². The van der Waals surface area contributed by atoms with Gasteiger partial charge >= 0.3 is 6.18 Å². The Morgan fingerprint density at radius 3 is 2.14 bits per heavy atom. The van der Waals surface area contributed by atoms with E-state index < -0.39 is 21.8 Å². The molecule has 118 valence electrons. The molecule has 0 radical (unpaired) electrons. The molecule has 0 aliphatic carbocycles. The molecule has 4 nitrogen and oxygen atoms in total. The van der Waals surface area contributed by atoms with Gasteiger partial charge in [0.25, 0.3) is 0 Å². The first-order chi connectivity index (χ1) is 9.68. The van der Waals surface area contributed by atoms with Crippen molar-refractivity contribution in [2.45, 2.75) is 30.0 Å². The monoisotopic (exact) mass is 322 g/mol. The molecule has 0 bridgehead atoms. The maximum absolute atomic E-state index is 12.5. The summed E-state index contributed by atoms with van der Waals surface area (Å²) in [7, 11) is -1.82. The van der Waals surface area contributed by atoms with Gasteiger partial charge in [-0.2, -0.15) is 13.2 Å². The first-order valence-corrected chi connectivity index (χ1v) is 8.05. The summed E-state index contributed by atoms with van der Waals surface area (Å²) in [6.45, 7) is 1.58. The van der Waals surface area contributed by atoms with Crippen LogP contribution >= 0.6 is 0 Å². The van der Waals surface area contributed by atoms with Crippen molar-refractivity contribution in [3.8, 4) is 0 Å². The maximum atomic E-state index is 12.5. The molecule has 1 aliphatic rings. The molecule has 8 heteroatoms. The average molecular weight is 322 g/mol. The lowest BCUT2D eigenvalue weighted by Crippen LogP contribution is -2.43. The zero-order chi connectivity index (χ0) is 15.7. The zero-order valence-corrected chi connectivity index (χ0v) is 12.3. The summed E-state index contributed by atoms with van der Waals surface area (Å²) in [5.74, 6) is 0. The van der Waals surface area contributed by atoms with Gasteiger partial charge in [0.05, 0.1) is 10.5 Å². The second-order valence-electron chi connectivity index (χ2n) is 5.22. The van der Waals surface area contributed by atoms with Crippen LogP contribution in [0.4, 0.5) is 13.2 Å². The molecule has 0 amide bonds. The van der Waals surface area contributed by atoms with Gasteiger partial charge in [-0.3, -0.25) is 0 Å². The van der Waals surface area contributed by atoms with E-state index in [-0.39, 0.29) is 10.9 Å². The Balaban J connectivity index is 2.09. The molecule has 21 heavy (non-hydrogen) atoms. The molecule has 0 spiro atoms. The molecule has 0 saturated carbocycles. The molecule has 0 atom stereocenters. The number of piperidine rings is 1. The summed E-state index contributed by atoms with van der Waals surface area (Å²) in [5.41, 5.74) is -0.860. The summed E-state index contributed by atoms with van der Waals surface area (Å²) >= 11 is 0. The van der Waals surface area contributed by atoms with Gasteiger partial charge in [0.2, 0.25) is 10.0 Å². The number of nitrogens with zero attached hydrogens (tertiary/aromatic N) is 1. The van der Waals surface area contributed by atoms with Crippen LogP contribution in [0.25, 0.3) is 0 Å². The number of likely N-dealkylation sites (tertiary alicyclic amines) is 1. The molecule has 1 N–H and O–H groups in total. The fraction of sp³-hybridized carbons (Fsp3) is 0.538. The molecule has 1 aliphatic heterocycles. The van der Waals surface area contributed by atoms with Crippen molar-refractivity contribution in [1.82, 2.24) is 9.62 Å². The van der Waals surface area contributed by atoms with E-state index in [1.54, 1.807) is 0 Å². The highest BCUT2D eigenvalue weighted by molar-refractivity contribution is 7.89. The van der Waals surface area contributed by atoms with E-state index in [1.165, 1.54) is 0 Å². The summed E-state index contributed by atoms with van der Waals surface area (Å²) in [5, 5.41) is 0. The number of hydrogen-bond acceptors (Lipinski definition) is 3. The third kappa shape index (κ3) is 4.18. The Morgan fingerprint density at radius 2 is 1.67 bits per heavy atom. The van der Waals surface area contributed by atoms with Crippen molar-refractivity contribution in [1.29, 1.82) is 0 Å². The van der Waals surface area contributed by atoms with Crippen molar-refractivity contribution in [2.24, 2.45) is 0 Å². The number of sulfonamides is 1. The van der Waals surface area contributed by atoms with Gasteiger partial charge in [0.1, 0.15) is 0 Å². The van der Waals surface area contributed by atoms with E-state index in [0.29, 0.717) is 12.8 Å². The highest BCUT2D eigenvalue weighted by Gasteiger charge is 2.31. The van der Waals surface area contributed by atoms with Gasteiger partial charge in [0.15, 0.2) is 0 Å². The van der Waals surface area contributed by atoms with Gasteiger partial charge in [0, 0.05) is 6.04 Å². The minimum atomic E-state index is -4.47. The fourth-order valence-corrected chi connectivity index (χ4v) is 3.54. The predicted molar refractivity (Wildman–Crippen MR) is 72.3 cm³/mol. The lowest BCUT2D eigenvalue weighted by atomic mass is 10.1. The summed E-state index contributed by atoms with van der Waals surface area (Å²) in [6.07, 6.45) is -3.09. The number of halogens is 3. The van der Waals surface area contributed by atoms with Gasteiger partial charge in [-0.1, -0.05) is 0 Å². The molecular weight excluding hydrogens is 305 g/mol. The van der Waals surface area contributed by atoms with Crippen molar-refractivity contribution < 1.29 is 21.6 Å². The van der Waals surface area contributed by atoms with Crippen molar-refractivity contribution in [2.75, 3.05) is 20.1 Å². The van der Waals surface area contributed by atoms with Crippen molar-refractivity contribution in [3.05, 3.63) is 29.8 Å². The lowest BCUT2D eigenvalue weighted by Gasteiger charge is -2.29. The first-order valence-electron chi connectivity index (χ1n) is 6.56. The molecule has 1 saturated heterocycles. The van der Waals surface area contributed by atoms with Crippen LogP contribution in [0.15, 0.2) is 29.2 Å². The average Bonchev–Trinajstić information content (AvgIpc) is 2.40. The van der Waals surface area contributed by atoms with E-state index in [4.69, 9.17) is 0 Å². The van der Waals surface area contributed by atoms with Crippen LogP contribution in [0, 0.1) is 0 Å². The van der Waals surface area contributed by atoms with Crippen LogP contribution in [0.5, 0.6) is 0 Å². The number of alkyl halides is 3. The van der Waals surface area contributed by atoms with Gasteiger partial charge in [-0.15, -0.1) is 0 Å². The third-order valence-corrected chi connectivity index (χ3v) is 5.07. The third-order valence-electron chi connectivity index (χ3n) is 3.53. The molecule has 1 fully saturated rings. The number of benzene rings is 1. The smallest absolute Gasteiger partial charge is 0.306 e. The van der Waals surface area contributed by atoms with Crippen LogP contribution in [0.1, 0.15) is 18.4 Å². The molecule has 1 aromatic carbocycles. The standard InChI is InChI=1S/C13H17F3N2O2S/c1-18-8-6-11(7-9-18)17-21(19,20)12-4-2-10(3-5-12)13(14,15)16/h2-5,11,17H,6-9H2,1H3. The van der Waals surface area contributed by atoms with E-state index in [0.717, 1.165) is 37.4 Å². The topological polar surface area (TPSA) is 49.4 Å². The Hall–Kier alpha value is -1.12. The van der Waals surface area contributed by atoms with E-state index >= 15 is 0 Å². The minimum absolute atomic E-state index is 0.144. The Morgan fingerprint density at radius 1 is 1.14 bits per heavy atom. The second-order valence-corrected chi connectivity index (χ2v) is 6.93. The Kier molecular flexibility index (Phi) is 4.60. The number of nitrogens with one attached hydrogen (secondary N) is 1. The number of hydrogen-bond donors (Lipinski definition) is 1. The maximum Gasteiger partial charge on any atom is 0.416 e. The van der Waals surface area contributed by atoms with Crippen LogP contribution in [-0.4, -0.2) is 39.5 Å². The second kappa shape index (κ2) is 5.94. The SMILES string of the molecule is CN1CCC(NS(=O)(=O)c2ccc(C(F)(F)F)cc2)CC1. The lowest BCUT2D eigenvalue weighted by molar-refractivity contribution is -0.137. The minimum Gasteiger partial charge on any atom is -0.306 e. The van der Waals surface area contributed by atoms with Gasteiger partial charge in [-0.25, -0.2) is 13.1 Å². The van der Waals surface area contributed by atoms with E-state index in [2.05, 4.69) is 9.62 Å². The van der Waals surface area contributed by atoms with Crippen LogP contribution in [0.2, 0.25) is 0 Å². The van der Waals surface area contributed by atoms with Crippen LogP contribution < -0.4 is 4.72 Å². The predicted octanol–water partition coefficient (Wildman–Crippen LogP) is 2.08. The molecule has 1 heterocycles. The Labute approximate surface area is 122 Å².